The van der Waals surface area contributed by atoms with Crippen LogP contribution in [0.2, 0.25) is 0 Å². The second kappa shape index (κ2) is 4.93. The molecule has 2 N–H and O–H groups in total. The normalized spacial score (nSPS) is 21.7. The molecule has 1 aliphatic rings. The number of carbonyl (C=O) groups is 1. The van der Waals surface area contributed by atoms with Gasteiger partial charge in [0.05, 0.1) is 17.1 Å². The number of rotatable bonds is 3. The van der Waals surface area contributed by atoms with E-state index >= 15 is 0 Å². The average molecular weight is 270 g/mol. The van der Waals surface area contributed by atoms with Crippen molar-refractivity contribution in [3.63, 3.8) is 0 Å². The van der Waals surface area contributed by atoms with Gasteiger partial charge in [-0.15, -0.1) is 0 Å². The third kappa shape index (κ3) is 3.19. The maximum atomic E-state index is 11.7. The highest BCUT2D eigenvalue weighted by molar-refractivity contribution is 7.91. The van der Waals surface area contributed by atoms with Crippen LogP contribution < -0.4 is 10.9 Å². The Kier molecular flexibility index (Phi) is 3.51. The molecule has 2 heterocycles. The summed E-state index contributed by atoms with van der Waals surface area (Å²) in [6.45, 7) is 0.344. The molecule has 0 bridgehead atoms. The van der Waals surface area contributed by atoms with E-state index in [1.807, 2.05) is 0 Å². The van der Waals surface area contributed by atoms with E-state index in [1.165, 1.54) is 18.3 Å². The minimum atomic E-state index is -2.91. The smallest absolute Gasteiger partial charge is 0.252 e. The van der Waals surface area contributed by atoms with Crippen molar-refractivity contribution in [2.75, 3.05) is 18.1 Å². The monoisotopic (exact) mass is 270 g/mol. The molecule has 0 aliphatic carbocycles. The summed E-state index contributed by atoms with van der Waals surface area (Å²) in [5.74, 6) is 0.0164. The fraction of sp³-hybridized carbons (Fsp3) is 0.455. The molecule has 1 atom stereocenters. The van der Waals surface area contributed by atoms with Gasteiger partial charge in [-0.25, -0.2) is 8.42 Å². The number of pyridine rings is 1. The zero-order chi connectivity index (χ0) is 13.2. The zero-order valence-electron chi connectivity index (χ0n) is 9.68. The summed E-state index contributed by atoms with van der Waals surface area (Å²) in [6.07, 6.45) is 1.93. The minimum absolute atomic E-state index is 0.0123. The van der Waals surface area contributed by atoms with Crippen molar-refractivity contribution in [1.29, 1.82) is 0 Å². The van der Waals surface area contributed by atoms with Gasteiger partial charge in [0.2, 0.25) is 5.56 Å². The first-order valence-electron chi connectivity index (χ1n) is 5.64. The molecule has 98 valence electrons. The van der Waals surface area contributed by atoms with E-state index in [-0.39, 0.29) is 28.9 Å². The van der Waals surface area contributed by atoms with Crippen molar-refractivity contribution in [2.24, 2.45) is 5.92 Å². The van der Waals surface area contributed by atoms with Crippen LogP contribution in [0.5, 0.6) is 0 Å². The van der Waals surface area contributed by atoms with Crippen LogP contribution in [0.4, 0.5) is 0 Å². The van der Waals surface area contributed by atoms with E-state index in [0.717, 1.165) is 0 Å². The van der Waals surface area contributed by atoms with Crippen molar-refractivity contribution in [3.8, 4) is 0 Å². The summed E-state index contributed by atoms with van der Waals surface area (Å²) in [6, 6.07) is 2.70. The predicted octanol–water partition coefficient (Wildman–Crippen LogP) is -0.461. The molecule has 1 amide bonds. The van der Waals surface area contributed by atoms with Crippen LogP contribution in [0.3, 0.4) is 0 Å². The Bertz CT molecular complexity index is 585. The second-order valence-corrected chi connectivity index (χ2v) is 6.65. The van der Waals surface area contributed by atoms with Crippen molar-refractivity contribution in [3.05, 3.63) is 34.2 Å². The molecule has 0 aromatic carbocycles. The van der Waals surface area contributed by atoms with Gasteiger partial charge in [-0.1, -0.05) is 0 Å². The summed E-state index contributed by atoms with van der Waals surface area (Å²) in [5.41, 5.74) is 0.0869. The van der Waals surface area contributed by atoms with Crippen molar-refractivity contribution in [1.82, 2.24) is 10.3 Å². The lowest BCUT2D eigenvalue weighted by atomic mass is 10.1. The number of hydrogen-bond acceptors (Lipinski definition) is 4. The fourth-order valence-electron chi connectivity index (χ4n) is 1.92. The molecule has 18 heavy (non-hydrogen) atoms. The third-order valence-corrected chi connectivity index (χ3v) is 4.76. The number of nitrogens with one attached hydrogen (secondary N) is 2. The molecule has 1 fully saturated rings. The van der Waals surface area contributed by atoms with Crippen LogP contribution in [-0.2, 0) is 9.84 Å². The fourth-order valence-corrected chi connectivity index (χ4v) is 3.79. The largest absolute Gasteiger partial charge is 0.352 e. The highest BCUT2D eigenvalue weighted by Gasteiger charge is 2.27. The van der Waals surface area contributed by atoms with E-state index in [9.17, 15) is 18.0 Å². The highest BCUT2D eigenvalue weighted by atomic mass is 32.2. The number of sulfone groups is 1. The summed E-state index contributed by atoms with van der Waals surface area (Å²) in [7, 11) is -2.91. The lowest BCUT2D eigenvalue weighted by molar-refractivity contribution is 0.0948. The molecule has 0 radical (unpaired) electrons. The van der Waals surface area contributed by atoms with Gasteiger partial charge in [0, 0.05) is 18.8 Å². The first-order chi connectivity index (χ1) is 8.46. The van der Waals surface area contributed by atoms with Crippen LogP contribution in [0.1, 0.15) is 16.8 Å². The average Bonchev–Trinajstić information content (AvgIpc) is 2.67. The van der Waals surface area contributed by atoms with Gasteiger partial charge in [0.25, 0.3) is 5.91 Å². The first-order valence-corrected chi connectivity index (χ1v) is 7.46. The van der Waals surface area contributed by atoms with Crippen LogP contribution in [0.25, 0.3) is 0 Å². The molecule has 1 unspecified atom stereocenters. The van der Waals surface area contributed by atoms with Crippen molar-refractivity contribution in [2.45, 2.75) is 6.42 Å². The second-order valence-electron chi connectivity index (χ2n) is 4.42. The summed E-state index contributed by atoms with van der Waals surface area (Å²) >= 11 is 0. The highest BCUT2D eigenvalue weighted by Crippen LogP contribution is 2.17. The Morgan fingerprint density at radius 1 is 1.44 bits per heavy atom. The number of hydrogen-bond donors (Lipinski definition) is 2. The Hall–Kier alpha value is -1.63. The predicted molar refractivity (Wildman–Crippen MR) is 66.2 cm³/mol. The van der Waals surface area contributed by atoms with Crippen molar-refractivity contribution >= 4 is 15.7 Å². The Morgan fingerprint density at radius 2 is 2.22 bits per heavy atom. The third-order valence-electron chi connectivity index (χ3n) is 2.92. The number of carbonyl (C=O) groups excluding carboxylic acids is 1. The number of aromatic amines is 1. The minimum Gasteiger partial charge on any atom is -0.352 e. The maximum absolute atomic E-state index is 11.7. The van der Waals surface area contributed by atoms with Gasteiger partial charge < -0.3 is 10.3 Å². The van der Waals surface area contributed by atoms with Gasteiger partial charge >= 0.3 is 0 Å². The molecule has 6 nitrogen and oxygen atoms in total. The summed E-state index contributed by atoms with van der Waals surface area (Å²) < 4.78 is 22.5. The lowest BCUT2D eigenvalue weighted by Crippen LogP contribution is -2.30. The number of amides is 1. The summed E-state index contributed by atoms with van der Waals surface area (Å²) in [4.78, 5) is 24.9. The molecule has 0 saturated carbocycles. The zero-order valence-corrected chi connectivity index (χ0v) is 10.5. The van der Waals surface area contributed by atoms with Crippen LogP contribution in [0, 0.1) is 5.92 Å². The van der Waals surface area contributed by atoms with E-state index in [2.05, 4.69) is 10.3 Å². The Balaban J connectivity index is 1.89. The molecule has 0 spiro atoms. The maximum Gasteiger partial charge on any atom is 0.252 e. The Labute approximate surface area is 104 Å². The SMILES string of the molecule is O=C(NCC1CCS(=O)(=O)C1)c1ccc(=O)[nH]c1. The van der Waals surface area contributed by atoms with E-state index < -0.39 is 9.84 Å². The molecular formula is C11H14N2O4S. The molecular weight excluding hydrogens is 256 g/mol. The quantitative estimate of drug-likeness (QED) is 0.776. The van der Waals surface area contributed by atoms with Crippen molar-refractivity contribution < 1.29 is 13.2 Å². The van der Waals surface area contributed by atoms with E-state index in [0.29, 0.717) is 18.5 Å². The van der Waals surface area contributed by atoms with Crippen LogP contribution in [0.15, 0.2) is 23.1 Å². The number of H-pyrrole nitrogens is 1. The molecule has 7 heteroatoms. The van der Waals surface area contributed by atoms with Crippen LogP contribution >= 0.6 is 0 Å². The molecule has 2 rings (SSSR count). The van der Waals surface area contributed by atoms with Crippen LogP contribution in [-0.4, -0.2) is 37.4 Å². The summed E-state index contributed by atoms with van der Waals surface area (Å²) in [5, 5.41) is 2.67. The van der Waals surface area contributed by atoms with Gasteiger partial charge in [-0.05, 0) is 18.4 Å². The molecule has 1 aromatic rings. The molecule has 1 saturated heterocycles. The van der Waals surface area contributed by atoms with Gasteiger partial charge in [0.1, 0.15) is 0 Å². The standard InChI is InChI=1S/C11H14N2O4S/c14-10-2-1-9(6-12-10)11(15)13-5-8-3-4-18(16,17)7-8/h1-2,6,8H,3-5,7H2,(H,12,14)(H,13,15). The van der Waals surface area contributed by atoms with E-state index in [4.69, 9.17) is 0 Å². The first kappa shape index (κ1) is 12.8. The van der Waals surface area contributed by atoms with Gasteiger partial charge in [-0.2, -0.15) is 0 Å². The Morgan fingerprint density at radius 3 is 2.78 bits per heavy atom. The van der Waals surface area contributed by atoms with Gasteiger partial charge in [0.15, 0.2) is 9.84 Å². The molecule has 1 aromatic heterocycles. The lowest BCUT2D eigenvalue weighted by Gasteiger charge is -2.09. The number of aromatic nitrogens is 1. The molecule has 1 aliphatic heterocycles. The van der Waals surface area contributed by atoms with Gasteiger partial charge in [-0.3, -0.25) is 9.59 Å². The van der Waals surface area contributed by atoms with E-state index in [1.54, 1.807) is 0 Å². The topological polar surface area (TPSA) is 96.1 Å².